The molecular weight excluding hydrogens is 439 g/mol. The van der Waals surface area contributed by atoms with E-state index in [0.717, 1.165) is 23.9 Å². The van der Waals surface area contributed by atoms with Crippen LogP contribution in [0.5, 0.6) is 0 Å². The van der Waals surface area contributed by atoms with Crippen LogP contribution in [0, 0.1) is 12.8 Å². The Kier molecular flexibility index (Phi) is 11.2. The van der Waals surface area contributed by atoms with Crippen LogP contribution in [-0.4, -0.2) is 37.1 Å². The minimum absolute atomic E-state index is 0. The number of aryl methyl sites for hydroxylation is 1. The molecule has 8 heteroatoms. The summed E-state index contributed by atoms with van der Waals surface area (Å²) in [4.78, 5) is 21.2. The highest BCUT2D eigenvalue weighted by atomic mass is 127. The van der Waals surface area contributed by atoms with Crippen LogP contribution >= 0.6 is 35.3 Å². The number of nitrogens with zero attached hydrogens (tertiary/aromatic N) is 2. The number of aliphatic imine (C=N–C) groups is 1. The molecule has 0 fully saturated rings. The highest BCUT2D eigenvalue weighted by Gasteiger charge is 2.20. The molecule has 0 aliphatic rings. The second kappa shape index (κ2) is 11.6. The number of nitrogens with one attached hydrogen (secondary N) is 2. The van der Waals surface area contributed by atoms with Crippen molar-refractivity contribution in [3.63, 3.8) is 0 Å². The maximum Gasteiger partial charge on any atom is 0.350 e. The van der Waals surface area contributed by atoms with Gasteiger partial charge >= 0.3 is 5.97 Å². The molecule has 6 nitrogen and oxygen atoms in total. The number of guanidine groups is 1. The van der Waals surface area contributed by atoms with Crippen LogP contribution in [0.4, 0.5) is 0 Å². The highest BCUT2D eigenvalue weighted by molar-refractivity contribution is 14.0. The van der Waals surface area contributed by atoms with Crippen molar-refractivity contribution in [1.29, 1.82) is 0 Å². The average Bonchev–Trinajstić information content (AvgIpc) is 2.88. The Bertz CT molecular complexity index is 546. The molecule has 0 spiro atoms. The van der Waals surface area contributed by atoms with E-state index in [-0.39, 0.29) is 36.0 Å². The largest absolute Gasteiger partial charge is 0.462 e. The lowest BCUT2D eigenvalue weighted by Gasteiger charge is -2.16. The number of rotatable bonds is 7. The van der Waals surface area contributed by atoms with Gasteiger partial charge in [0.1, 0.15) is 9.88 Å². The zero-order valence-corrected chi connectivity index (χ0v) is 18.5. The van der Waals surface area contributed by atoms with E-state index < -0.39 is 0 Å². The number of carbonyl (C=O) groups excluding carboxylic acids is 1. The van der Waals surface area contributed by atoms with Crippen molar-refractivity contribution in [3.05, 3.63) is 15.6 Å². The van der Waals surface area contributed by atoms with E-state index >= 15 is 0 Å². The van der Waals surface area contributed by atoms with Crippen LogP contribution in [0.15, 0.2) is 4.99 Å². The lowest BCUT2D eigenvalue weighted by atomic mass is 10.1. The average molecular weight is 468 g/mol. The Morgan fingerprint density at radius 2 is 2.04 bits per heavy atom. The predicted molar refractivity (Wildman–Crippen MR) is 111 cm³/mol. The van der Waals surface area contributed by atoms with Crippen LogP contribution in [0.1, 0.15) is 60.5 Å². The molecule has 0 aliphatic heterocycles. The molecular formula is C16H29IN4O2S. The van der Waals surface area contributed by atoms with Gasteiger partial charge in [0, 0.05) is 13.6 Å². The van der Waals surface area contributed by atoms with Gasteiger partial charge in [-0.05, 0) is 33.1 Å². The first-order chi connectivity index (χ1) is 10.9. The molecule has 0 aliphatic carbocycles. The van der Waals surface area contributed by atoms with E-state index in [1.165, 1.54) is 11.3 Å². The molecule has 0 saturated carbocycles. The number of hydrogen-bond acceptors (Lipinski definition) is 5. The highest BCUT2D eigenvalue weighted by Crippen LogP contribution is 2.24. The molecule has 1 unspecified atom stereocenters. The van der Waals surface area contributed by atoms with Gasteiger partial charge in [-0.25, -0.2) is 9.78 Å². The van der Waals surface area contributed by atoms with Gasteiger partial charge in [0.05, 0.1) is 18.3 Å². The monoisotopic (exact) mass is 468 g/mol. The third kappa shape index (κ3) is 7.33. The molecule has 1 atom stereocenters. The first-order valence-corrected chi connectivity index (χ1v) is 8.82. The van der Waals surface area contributed by atoms with Crippen molar-refractivity contribution in [2.24, 2.45) is 10.9 Å². The fourth-order valence-corrected chi connectivity index (χ4v) is 2.89. The van der Waals surface area contributed by atoms with Crippen molar-refractivity contribution in [1.82, 2.24) is 15.6 Å². The standard InChI is InChI=1S/C16H28N4O2S.HI/c1-7-22-15(21)13-11(4)19-14(23-13)12(5)20-16(17-6)18-9-8-10(2)3;/h10,12H,7-9H2,1-6H3,(H2,17,18,20);1H. The summed E-state index contributed by atoms with van der Waals surface area (Å²) in [7, 11) is 1.74. The zero-order valence-electron chi connectivity index (χ0n) is 15.3. The normalized spacial score (nSPS) is 12.5. The molecule has 1 aromatic heterocycles. The summed E-state index contributed by atoms with van der Waals surface area (Å²) in [5.41, 5.74) is 0.708. The van der Waals surface area contributed by atoms with Crippen LogP contribution in [-0.2, 0) is 4.74 Å². The van der Waals surface area contributed by atoms with Gasteiger partial charge in [0.15, 0.2) is 5.96 Å². The number of aromatic nitrogens is 1. The quantitative estimate of drug-likeness (QED) is 0.277. The Morgan fingerprint density at radius 1 is 1.38 bits per heavy atom. The SMILES string of the molecule is CCOC(=O)c1sc(C(C)NC(=NC)NCCC(C)C)nc1C.I. The first-order valence-electron chi connectivity index (χ1n) is 8.00. The second-order valence-electron chi connectivity index (χ2n) is 5.73. The maximum atomic E-state index is 11.9. The summed E-state index contributed by atoms with van der Waals surface area (Å²) in [6.07, 6.45) is 1.08. The predicted octanol–water partition coefficient (Wildman–Crippen LogP) is 3.52. The van der Waals surface area contributed by atoms with Crippen LogP contribution < -0.4 is 10.6 Å². The lowest BCUT2D eigenvalue weighted by molar-refractivity contribution is 0.0531. The van der Waals surface area contributed by atoms with E-state index in [4.69, 9.17) is 4.74 Å². The molecule has 24 heavy (non-hydrogen) atoms. The van der Waals surface area contributed by atoms with Crippen molar-refractivity contribution in [2.75, 3.05) is 20.2 Å². The van der Waals surface area contributed by atoms with Gasteiger partial charge in [0.2, 0.25) is 0 Å². The van der Waals surface area contributed by atoms with Gasteiger partial charge < -0.3 is 15.4 Å². The fraction of sp³-hybridized carbons (Fsp3) is 0.688. The topological polar surface area (TPSA) is 75.6 Å². The molecule has 2 N–H and O–H groups in total. The number of hydrogen-bond donors (Lipinski definition) is 2. The second-order valence-corrected chi connectivity index (χ2v) is 6.77. The van der Waals surface area contributed by atoms with Gasteiger partial charge in [-0.1, -0.05) is 13.8 Å². The van der Waals surface area contributed by atoms with Crippen molar-refractivity contribution < 1.29 is 9.53 Å². The molecule has 1 rings (SSSR count). The molecule has 0 radical (unpaired) electrons. The lowest BCUT2D eigenvalue weighted by Crippen LogP contribution is -2.39. The van der Waals surface area contributed by atoms with Gasteiger partial charge in [-0.2, -0.15) is 0 Å². The third-order valence-electron chi connectivity index (χ3n) is 3.24. The molecule has 0 aromatic carbocycles. The molecule has 1 heterocycles. The smallest absolute Gasteiger partial charge is 0.350 e. The number of thiazole rings is 1. The van der Waals surface area contributed by atoms with Crippen molar-refractivity contribution >= 4 is 47.2 Å². The van der Waals surface area contributed by atoms with Gasteiger partial charge in [-0.15, -0.1) is 35.3 Å². The number of esters is 1. The van der Waals surface area contributed by atoms with Crippen molar-refractivity contribution in [2.45, 2.75) is 47.1 Å². The van der Waals surface area contributed by atoms with Gasteiger partial charge in [0.25, 0.3) is 0 Å². The van der Waals surface area contributed by atoms with Gasteiger partial charge in [-0.3, -0.25) is 4.99 Å². The Hall–Kier alpha value is -0.900. The number of halogens is 1. The van der Waals surface area contributed by atoms with E-state index in [1.54, 1.807) is 14.0 Å². The molecule has 0 bridgehead atoms. The number of ether oxygens (including phenoxy) is 1. The summed E-state index contributed by atoms with van der Waals surface area (Å²) < 4.78 is 5.05. The minimum atomic E-state index is -0.305. The first kappa shape index (κ1) is 23.1. The molecule has 1 aromatic rings. The van der Waals surface area contributed by atoms with Crippen LogP contribution in [0.2, 0.25) is 0 Å². The summed E-state index contributed by atoms with van der Waals surface area (Å²) in [5.74, 6) is 1.08. The van der Waals surface area contributed by atoms with E-state index in [1.807, 2.05) is 13.8 Å². The Balaban J connectivity index is 0.00000529. The minimum Gasteiger partial charge on any atom is -0.462 e. The summed E-state index contributed by atoms with van der Waals surface area (Å²) in [6, 6.07) is -0.0351. The van der Waals surface area contributed by atoms with E-state index in [0.29, 0.717) is 23.1 Å². The third-order valence-corrected chi connectivity index (χ3v) is 4.56. The summed E-state index contributed by atoms with van der Waals surface area (Å²) in [5, 5.41) is 7.44. The van der Waals surface area contributed by atoms with Crippen molar-refractivity contribution in [3.8, 4) is 0 Å². The Morgan fingerprint density at radius 3 is 2.58 bits per heavy atom. The number of carbonyl (C=O) groups is 1. The van der Waals surface area contributed by atoms with E-state index in [9.17, 15) is 4.79 Å². The summed E-state index contributed by atoms with van der Waals surface area (Å²) in [6.45, 7) is 11.2. The molecule has 0 amide bonds. The van der Waals surface area contributed by atoms with E-state index in [2.05, 4.69) is 34.5 Å². The fourth-order valence-electron chi connectivity index (χ4n) is 1.93. The molecule has 138 valence electrons. The maximum absolute atomic E-state index is 11.9. The van der Waals surface area contributed by atoms with Crippen LogP contribution in [0.25, 0.3) is 0 Å². The Labute approximate surface area is 165 Å². The molecule has 0 saturated heterocycles. The zero-order chi connectivity index (χ0) is 17.4. The van der Waals surface area contributed by atoms with Crippen LogP contribution in [0.3, 0.4) is 0 Å². The summed E-state index contributed by atoms with van der Waals surface area (Å²) >= 11 is 1.37.